The quantitative estimate of drug-likeness (QED) is 0.912. The zero-order chi connectivity index (χ0) is 11.4. The summed E-state index contributed by atoms with van der Waals surface area (Å²) in [6, 6.07) is 0.454. The molecule has 15 heavy (non-hydrogen) atoms. The molecule has 0 aliphatic heterocycles. The third-order valence-corrected chi connectivity index (χ3v) is 3.01. The van der Waals surface area contributed by atoms with Crippen LogP contribution in [0.3, 0.4) is 0 Å². The van der Waals surface area contributed by atoms with E-state index < -0.39 is 0 Å². The molecule has 1 aromatic heterocycles. The molecule has 0 fully saturated rings. The average molecular weight is 272 g/mol. The van der Waals surface area contributed by atoms with E-state index >= 15 is 0 Å². The van der Waals surface area contributed by atoms with E-state index in [1.165, 1.54) is 0 Å². The average Bonchev–Trinajstić information content (AvgIpc) is 2.18. The first-order valence-corrected chi connectivity index (χ1v) is 6.09. The predicted octanol–water partition coefficient (Wildman–Crippen LogP) is 3.39. The Morgan fingerprint density at radius 1 is 1.47 bits per heavy atom. The van der Waals surface area contributed by atoms with E-state index in [1.54, 1.807) is 6.20 Å². The maximum absolute atomic E-state index is 4.37. The number of halogens is 1. The van der Waals surface area contributed by atoms with Crippen LogP contribution in [0.2, 0.25) is 0 Å². The van der Waals surface area contributed by atoms with Crippen molar-refractivity contribution >= 4 is 21.7 Å². The van der Waals surface area contributed by atoms with Crippen LogP contribution in [0.1, 0.15) is 33.0 Å². The molecule has 3 nitrogen and oxygen atoms in total. The van der Waals surface area contributed by atoms with Crippen LogP contribution < -0.4 is 5.32 Å². The van der Waals surface area contributed by atoms with Gasteiger partial charge in [-0.3, -0.25) is 0 Å². The summed E-state index contributed by atoms with van der Waals surface area (Å²) in [4.78, 5) is 8.49. The third-order valence-electron chi connectivity index (χ3n) is 2.43. The maximum Gasteiger partial charge on any atom is 0.144 e. The molecule has 0 aliphatic carbocycles. The minimum absolute atomic E-state index is 0.454. The standard InChI is InChI=1S/C11H18BrN3/c1-5-10(7(2)3)15-11-9(12)6-13-8(4)14-11/h6-7,10H,5H2,1-4H3,(H,13,14,15). The van der Waals surface area contributed by atoms with Gasteiger partial charge in [0.15, 0.2) is 0 Å². The molecule has 0 spiro atoms. The second-order valence-electron chi connectivity index (χ2n) is 4.02. The van der Waals surface area contributed by atoms with Crippen LogP contribution in [0.25, 0.3) is 0 Å². The van der Waals surface area contributed by atoms with Crippen LogP contribution in [0, 0.1) is 12.8 Å². The largest absolute Gasteiger partial charge is 0.366 e. The molecule has 1 atom stereocenters. The zero-order valence-electron chi connectivity index (χ0n) is 9.71. The van der Waals surface area contributed by atoms with Crippen LogP contribution in [0.5, 0.6) is 0 Å². The molecular formula is C11H18BrN3. The molecule has 0 saturated carbocycles. The first-order chi connectivity index (χ1) is 7.04. The van der Waals surface area contributed by atoms with E-state index in [0.29, 0.717) is 12.0 Å². The van der Waals surface area contributed by atoms with Gasteiger partial charge in [0.05, 0.1) is 4.47 Å². The van der Waals surface area contributed by atoms with E-state index in [9.17, 15) is 0 Å². The molecule has 0 aliphatic rings. The van der Waals surface area contributed by atoms with Gasteiger partial charge in [0, 0.05) is 12.2 Å². The van der Waals surface area contributed by atoms with Crippen molar-refractivity contribution in [1.82, 2.24) is 9.97 Å². The fourth-order valence-corrected chi connectivity index (χ4v) is 1.78. The maximum atomic E-state index is 4.37. The predicted molar refractivity (Wildman–Crippen MR) is 67.0 cm³/mol. The summed E-state index contributed by atoms with van der Waals surface area (Å²) in [5, 5.41) is 3.44. The van der Waals surface area contributed by atoms with Gasteiger partial charge in [-0.25, -0.2) is 9.97 Å². The monoisotopic (exact) mass is 271 g/mol. The smallest absolute Gasteiger partial charge is 0.144 e. The van der Waals surface area contributed by atoms with Crippen LogP contribution in [0.4, 0.5) is 5.82 Å². The first-order valence-electron chi connectivity index (χ1n) is 5.30. The number of aromatic nitrogens is 2. The highest BCUT2D eigenvalue weighted by molar-refractivity contribution is 9.10. The van der Waals surface area contributed by atoms with Gasteiger partial charge >= 0.3 is 0 Å². The molecule has 0 radical (unpaired) electrons. The van der Waals surface area contributed by atoms with E-state index in [1.807, 2.05) is 6.92 Å². The Hall–Kier alpha value is -0.640. The highest BCUT2D eigenvalue weighted by atomic mass is 79.9. The number of hydrogen-bond acceptors (Lipinski definition) is 3. The molecule has 1 unspecified atom stereocenters. The van der Waals surface area contributed by atoms with Crippen LogP contribution in [-0.4, -0.2) is 16.0 Å². The summed E-state index contributed by atoms with van der Waals surface area (Å²) < 4.78 is 0.923. The molecule has 4 heteroatoms. The molecule has 1 aromatic rings. The molecule has 1 heterocycles. The minimum atomic E-state index is 0.454. The van der Waals surface area contributed by atoms with E-state index in [2.05, 4.69) is 52.0 Å². The van der Waals surface area contributed by atoms with Crippen molar-refractivity contribution in [3.8, 4) is 0 Å². The summed E-state index contributed by atoms with van der Waals surface area (Å²) >= 11 is 3.45. The van der Waals surface area contributed by atoms with Crippen molar-refractivity contribution in [2.24, 2.45) is 5.92 Å². The molecular weight excluding hydrogens is 254 g/mol. The lowest BCUT2D eigenvalue weighted by Gasteiger charge is -2.21. The summed E-state index contributed by atoms with van der Waals surface area (Å²) in [5.74, 6) is 2.28. The first kappa shape index (κ1) is 12.4. The molecule has 1 N–H and O–H groups in total. The third kappa shape index (κ3) is 3.45. The van der Waals surface area contributed by atoms with Crippen molar-refractivity contribution < 1.29 is 0 Å². The van der Waals surface area contributed by atoms with Crippen molar-refractivity contribution in [3.05, 3.63) is 16.5 Å². The second kappa shape index (κ2) is 5.45. The summed E-state index contributed by atoms with van der Waals surface area (Å²) in [6.07, 6.45) is 2.88. The number of rotatable bonds is 4. The highest BCUT2D eigenvalue weighted by Gasteiger charge is 2.13. The number of hydrogen-bond donors (Lipinski definition) is 1. The molecule has 0 amide bonds. The Morgan fingerprint density at radius 2 is 2.13 bits per heavy atom. The van der Waals surface area contributed by atoms with E-state index in [0.717, 1.165) is 22.5 Å². The Kier molecular flexibility index (Phi) is 4.51. The van der Waals surface area contributed by atoms with Crippen LogP contribution >= 0.6 is 15.9 Å². The second-order valence-corrected chi connectivity index (χ2v) is 4.87. The number of nitrogens with zero attached hydrogens (tertiary/aromatic N) is 2. The van der Waals surface area contributed by atoms with E-state index in [4.69, 9.17) is 0 Å². The van der Waals surface area contributed by atoms with Gasteiger partial charge in [-0.2, -0.15) is 0 Å². The van der Waals surface area contributed by atoms with Crippen LogP contribution in [-0.2, 0) is 0 Å². The number of anilines is 1. The summed E-state index contributed by atoms with van der Waals surface area (Å²) in [7, 11) is 0. The SMILES string of the molecule is CCC(Nc1nc(C)ncc1Br)C(C)C. The van der Waals surface area contributed by atoms with Gasteiger partial charge in [-0.15, -0.1) is 0 Å². The van der Waals surface area contributed by atoms with E-state index in [-0.39, 0.29) is 0 Å². The molecule has 84 valence electrons. The topological polar surface area (TPSA) is 37.8 Å². The highest BCUT2D eigenvalue weighted by Crippen LogP contribution is 2.21. The zero-order valence-corrected chi connectivity index (χ0v) is 11.3. The Bertz CT molecular complexity index is 326. The summed E-state index contributed by atoms with van der Waals surface area (Å²) in [6.45, 7) is 8.50. The van der Waals surface area contributed by atoms with Crippen molar-refractivity contribution in [1.29, 1.82) is 0 Å². The minimum Gasteiger partial charge on any atom is -0.366 e. The van der Waals surface area contributed by atoms with Gasteiger partial charge in [-0.05, 0) is 35.2 Å². The van der Waals surface area contributed by atoms with Crippen LogP contribution in [0.15, 0.2) is 10.7 Å². The fourth-order valence-electron chi connectivity index (χ4n) is 1.47. The Morgan fingerprint density at radius 3 is 2.67 bits per heavy atom. The van der Waals surface area contributed by atoms with Gasteiger partial charge in [-0.1, -0.05) is 20.8 Å². The van der Waals surface area contributed by atoms with Gasteiger partial charge in [0.25, 0.3) is 0 Å². The molecule has 0 bridgehead atoms. The van der Waals surface area contributed by atoms with Crippen molar-refractivity contribution in [2.75, 3.05) is 5.32 Å². The van der Waals surface area contributed by atoms with Gasteiger partial charge in [0.1, 0.15) is 11.6 Å². The number of aryl methyl sites for hydroxylation is 1. The lowest BCUT2D eigenvalue weighted by Crippen LogP contribution is -2.25. The van der Waals surface area contributed by atoms with Gasteiger partial charge < -0.3 is 5.32 Å². The van der Waals surface area contributed by atoms with Crippen molar-refractivity contribution in [3.63, 3.8) is 0 Å². The Labute approximate surface area is 99.8 Å². The normalized spacial score (nSPS) is 12.9. The molecule has 0 aromatic carbocycles. The number of nitrogens with one attached hydrogen (secondary N) is 1. The van der Waals surface area contributed by atoms with Gasteiger partial charge in [0.2, 0.25) is 0 Å². The Balaban J connectivity index is 2.82. The fraction of sp³-hybridized carbons (Fsp3) is 0.636. The molecule has 0 saturated heterocycles. The lowest BCUT2D eigenvalue weighted by atomic mass is 10.0. The van der Waals surface area contributed by atoms with Crippen molar-refractivity contribution in [2.45, 2.75) is 40.2 Å². The lowest BCUT2D eigenvalue weighted by molar-refractivity contribution is 0.509. The molecule has 1 rings (SSSR count). The summed E-state index contributed by atoms with van der Waals surface area (Å²) in [5.41, 5.74) is 0.